The molecule has 0 radical (unpaired) electrons. The minimum atomic E-state index is 0.0614. The SMILES string of the molecule is CNC(=O)CN1CCC(N2CCC[C@@H](C(=O)NCc3ccccn3)C2)CC1. The molecule has 2 amide bonds. The Morgan fingerprint density at radius 2 is 2.00 bits per heavy atom. The van der Waals surface area contributed by atoms with E-state index < -0.39 is 0 Å². The molecule has 0 aromatic carbocycles. The van der Waals surface area contributed by atoms with Crippen LogP contribution in [-0.4, -0.2) is 72.4 Å². The second-order valence-corrected chi connectivity index (χ2v) is 7.55. The van der Waals surface area contributed by atoms with Crippen LogP contribution in [0.4, 0.5) is 0 Å². The second kappa shape index (κ2) is 9.80. The lowest BCUT2D eigenvalue weighted by molar-refractivity contribution is -0.127. The van der Waals surface area contributed by atoms with E-state index in [9.17, 15) is 9.59 Å². The fourth-order valence-corrected chi connectivity index (χ4v) is 4.10. The summed E-state index contributed by atoms with van der Waals surface area (Å²) in [7, 11) is 1.68. The predicted octanol–water partition coefficient (Wildman–Crippen LogP) is 0.620. The van der Waals surface area contributed by atoms with E-state index in [1.54, 1.807) is 13.2 Å². The van der Waals surface area contributed by atoms with Gasteiger partial charge in [0.1, 0.15) is 0 Å². The number of carbonyl (C=O) groups is 2. The molecule has 0 aliphatic carbocycles. The minimum absolute atomic E-state index is 0.0614. The number of likely N-dealkylation sites (tertiary alicyclic amines) is 2. The first kappa shape index (κ1) is 19.8. The third kappa shape index (κ3) is 5.74. The molecule has 0 unspecified atom stereocenters. The molecule has 7 nitrogen and oxygen atoms in total. The maximum absolute atomic E-state index is 12.6. The van der Waals surface area contributed by atoms with Gasteiger partial charge in [0.15, 0.2) is 0 Å². The molecule has 3 heterocycles. The summed E-state index contributed by atoms with van der Waals surface area (Å²) >= 11 is 0. The topological polar surface area (TPSA) is 77.6 Å². The Kier molecular flexibility index (Phi) is 7.18. The molecule has 1 aromatic heterocycles. The molecule has 0 spiro atoms. The molecule has 1 atom stereocenters. The number of hydrogen-bond donors (Lipinski definition) is 2. The van der Waals surface area contributed by atoms with Crippen molar-refractivity contribution in [3.05, 3.63) is 30.1 Å². The van der Waals surface area contributed by atoms with Gasteiger partial charge in [0, 0.05) is 38.9 Å². The summed E-state index contributed by atoms with van der Waals surface area (Å²) in [6.45, 7) is 4.80. The van der Waals surface area contributed by atoms with Gasteiger partial charge in [0.05, 0.1) is 24.7 Å². The highest BCUT2D eigenvalue weighted by atomic mass is 16.2. The van der Waals surface area contributed by atoms with E-state index in [-0.39, 0.29) is 17.7 Å². The van der Waals surface area contributed by atoms with E-state index in [0.717, 1.165) is 57.6 Å². The number of carbonyl (C=O) groups excluding carboxylic acids is 2. The smallest absolute Gasteiger partial charge is 0.233 e. The number of hydrogen-bond acceptors (Lipinski definition) is 5. The van der Waals surface area contributed by atoms with Crippen molar-refractivity contribution < 1.29 is 9.59 Å². The molecule has 27 heavy (non-hydrogen) atoms. The van der Waals surface area contributed by atoms with E-state index in [1.165, 1.54) is 0 Å². The summed E-state index contributed by atoms with van der Waals surface area (Å²) in [6.07, 6.45) is 5.92. The lowest BCUT2D eigenvalue weighted by Crippen LogP contribution is -2.51. The van der Waals surface area contributed by atoms with Crippen molar-refractivity contribution >= 4 is 11.8 Å². The van der Waals surface area contributed by atoms with Gasteiger partial charge in [-0.05, 0) is 44.4 Å². The summed E-state index contributed by atoms with van der Waals surface area (Å²) in [6, 6.07) is 6.27. The van der Waals surface area contributed by atoms with Crippen LogP contribution in [0, 0.1) is 5.92 Å². The highest BCUT2D eigenvalue weighted by Crippen LogP contribution is 2.24. The summed E-state index contributed by atoms with van der Waals surface area (Å²) in [5, 5.41) is 5.74. The van der Waals surface area contributed by atoms with Crippen molar-refractivity contribution in [3.8, 4) is 0 Å². The van der Waals surface area contributed by atoms with Gasteiger partial charge in [0.25, 0.3) is 0 Å². The minimum Gasteiger partial charge on any atom is -0.358 e. The summed E-state index contributed by atoms with van der Waals surface area (Å²) in [5.74, 6) is 0.282. The molecule has 2 aliphatic heterocycles. The van der Waals surface area contributed by atoms with Crippen LogP contribution >= 0.6 is 0 Å². The molecule has 2 saturated heterocycles. The quantitative estimate of drug-likeness (QED) is 0.764. The number of pyridine rings is 1. The molecule has 2 fully saturated rings. The highest BCUT2D eigenvalue weighted by molar-refractivity contribution is 5.79. The third-order valence-corrected chi connectivity index (χ3v) is 5.71. The summed E-state index contributed by atoms with van der Waals surface area (Å²) < 4.78 is 0. The largest absolute Gasteiger partial charge is 0.358 e. The van der Waals surface area contributed by atoms with E-state index in [0.29, 0.717) is 19.1 Å². The lowest BCUT2D eigenvalue weighted by atomic mass is 9.93. The Bertz CT molecular complexity index is 616. The van der Waals surface area contributed by atoms with Crippen molar-refractivity contribution in [2.75, 3.05) is 39.8 Å². The molecular weight excluding hydrogens is 342 g/mol. The predicted molar refractivity (Wildman–Crippen MR) is 104 cm³/mol. The Hall–Kier alpha value is -1.99. The maximum Gasteiger partial charge on any atom is 0.233 e. The van der Waals surface area contributed by atoms with Gasteiger partial charge in [-0.15, -0.1) is 0 Å². The monoisotopic (exact) mass is 373 g/mol. The molecule has 2 aliphatic rings. The Labute approximate surface area is 161 Å². The van der Waals surface area contributed by atoms with Gasteiger partial charge in [0.2, 0.25) is 11.8 Å². The highest BCUT2D eigenvalue weighted by Gasteiger charge is 2.31. The maximum atomic E-state index is 12.6. The molecular formula is C20H31N5O2. The van der Waals surface area contributed by atoms with E-state index in [1.807, 2.05) is 18.2 Å². The van der Waals surface area contributed by atoms with Gasteiger partial charge in [-0.3, -0.25) is 24.4 Å². The average Bonchev–Trinajstić information content (AvgIpc) is 2.73. The van der Waals surface area contributed by atoms with Gasteiger partial charge in [-0.1, -0.05) is 6.07 Å². The van der Waals surface area contributed by atoms with Gasteiger partial charge < -0.3 is 10.6 Å². The summed E-state index contributed by atoms with van der Waals surface area (Å²) in [5.41, 5.74) is 0.891. The molecule has 0 saturated carbocycles. The molecule has 0 bridgehead atoms. The molecule has 3 rings (SSSR count). The Balaban J connectivity index is 1.44. The van der Waals surface area contributed by atoms with Crippen LogP contribution in [0.3, 0.4) is 0 Å². The van der Waals surface area contributed by atoms with Gasteiger partial charge in [-0.2, -0.15) is 0 Å². The number of nitrogens with one attached hydrogen (secondary N) is 2. The zero-order valence-electron chi connectivity index (χ0n) is 16.2. The van der Waals surface area contributed by atoms with Crippen molar-refractivity contribution in [2.45, 2.75) is 38.3 Å². The first-order chi connectivity index (χ1) is 13.2. The summed E-state index contributed by atoms with van der Waals surface area (Å²) in [4.78, 5) is 33.1. The van der Waals surface area contributed by atoms with Crippen molar-refractivity contribution in [3.63, 3.8) is 0 Å². The molecule has 7 heteroatoms. The van der Waals surface area contributed by atoms with Crippen molar-refractivity contribution in [2.24, 2.45) is 5.92 Å². The van der Waals surface area contributed by atoms with Gasteiger partial charge in [-0.25, -0.2) is 0 Å². The van der Waals surface area contributed by atoms with E-state index >= 15 is 0 Å². The molecule has 1 aromatic rings. The first-order valence-electron chi connectivity index (χ1n) is 10.0. The van der Waals surface area contributed by atoms with Crippen LogP contribution in [-0.2, 0) is 16.1 Å². The normalized spacial score (nSPS) is 22.3. The first-order valence-corrected chi connectivity index (χ1v) is 10.0. The lowest BCUT2D eigenvalue weighted by Gasteiger charge is -2.41. The number of aromatic nitrogens is 1. The zero-order valence-corrected chi connectivity index (χ0v) is 16.2. The molecule has 148 valence electrons. The fraction of sp³-hybridized carbons (Fsp3) is 0.650. The van der Waals surface area contributed by atoms with Crippen LogP contribution in [0.5, 0.6) is 0 Å². The Morgan fingerprint density at radius 3 is 2.70 bits per heavy atom. The van der Waals surface area contributed by atoms with Crippen LogP contribution in [0.25, 0.3) is 0 Å². The zero-order chi connectivity index (χ0) is 19.1. The number of amides is 2. The van der Waals surface area contributed by atoms with Crippen LogP contribution in [0.1, 0.15) is 31.4 Å². The Morgan fingerprint density at radius 1 is 1.19 bits per heavy atom. The van der Waals surface area contributed by atoms with Crippen molar-refractivity contribution in [1.29, 1.82) is 0 Å². The van der Waals surface area contributed by atoms with Crippen molar-refractivity contribution in [1.82, 2.24) is 25.4 Å². The molecule has 2 N–H and O–H groups in total. The number of nitrogens with zero attached hydrogens (tertiary/aromatic N) is 3. The standard InChI is InChI=1S/C20H31N5O2/c1-21-19(26)15-24-11-7-18(8-12-24)25-10-4-5-16(14-25)20(27)23-13-17-6-2-3-9-22-17/h2-3,6,9,16,18H,4-5,7-8,10-15H2,1H3,(H,21,26)(H,23,27)/t16-/m1/s1. The second-order valence-electron chi connectivity index (χ2n) is 7.55. The average molecular weight is 374 g/mol. The van der Waals surface area contributed by atoms with E-state index in [2.05, 4.69) is 25.4 Å². The number of likely N-dealkylation sites (N-methyl/N-ethyl adjacent to an activating group) is 1. The number of piperidine rings is 2. The van der Waals surface area contributed by atoms with E-state index in [4.69, 9.17) is 0 Å². The number of rotatable bonds is 6. The third-order valence-electron chi connectivity index (χ3n) is 5.71. The fourth-order valence-electron chi connectivity index (χ4n) is 4.10. The van der Waals surface area contributed by atoms with Gasteiger partial charge >= 0.3 is 0 Å². The van der Waals surface area contributed by atoms with Crippen LogP contribution < -0.4 is 10.6 Å². The van der Waals surface area contributed by atoms with Crippen LogP contribution in [0.2, 0.25) is 0 Å². The van der Waals surface area contributed by atoms with Crippen LogP contribution in [0.15, 0.2) is 24.4 Å².